The highest BCUT2D eigenvalue weighted by molar-refractivity contribution is 5.78. The first-order valence-electron chi connectivity index (χ1n) is 5.80. The third-order valence-electron chi connectivity index (χ3n) is 2.63. The Hall–Kier alpha value is -2.04. The number of nitrogens with two attached hydrogens (primary N) is 1. The number of hydrogen-bond acceptors (Lipinski definition) is 3. The van der Waals surface area contributed by atoms with Crippen LogP contribution in [-0.2, 0) is 6.54 Å². The number of benzene rings is 1. The standard InChI is InChI=1S/C13H17N3O2/c1-13(2,3)7-16-10-6-8(14)4-5-9(10)15-11(17)12(16)18/h4-6H,7,14H2,1-3H3,(H,15,17). The van der Waals surface area contributed by atoms with Crippen LogP contribution in [0.2, 0.25) is 0 Å². The second kappa shape index (κ2) is 4.01. The van der Waals surface area contributed by atoms with Gasteiger partial charge in [-0.05, 0) is 23.6 Å². The lowest BCUT2D eigenvalue weighted by Crippen LogP contribution is -2.38. The third-order valence-corrected chi connectivity index (χ3v) is 2.63. The maximum atomic E-state index is 12.0. The molecule has 0 saturated carbocycles. The number of rotatable bonds is 1. The van der Waals surface area contributed by atoms with Gasteiger partial charge in [0.15, 0.2) is 0 Å². The number of nitrogens with one attached hydrogen (secondary N) is 1. The average Bonchev–Trinajstić information content (AvgIpc) is 2.24. The summed E-state index contributed by atoms with van der Waals surface area (Å²) in [5.74, 6) is 0. The smallest absolute Gasteiger partial charge is 0.316 e. The van der Waals surface area contributed by atoms with E-state index in [1.807, 2.05) is 20.8 Å². The van der Waals surface area contributed by atoms with Gasteiger partial charge in [-0.15, -0.1) is 0 Å². The Morgan fingerprint density at radius 3 is 2.56 bits per heavy atom. The summed E-state index contributed by atoms with van der Waals surface area (Å²) in [7, 11) is 0. The van der Waals surface area contributed by atoms with Gasteiger partial charge in [0.05, 0.1) is 11.0 Å². The molecule has 0 amide bonds. The van der Waals surface area contributed by atoms with Crippen LogP contribution >= 0.6 is 0 Å². The SMILES string of the molecule is CC(C)(C)Cn1c(=O)c(=O)[nH]c2ccc(N)cc21. The van der Waals surface area contributed by atoms with E-state index in [0.29, 0.717) is 23.3 Å². The van der Waals surface area contributed by atoms with Crippen LogP contribution in [0.15, 0.2) is 27.8 Å². The van der Waals surface area contributed by atoms with Crippen molar-refractivity contribution in [3.8, 4) is 0 Å². The van der Waals surface area contributed by atoms with Gasteiger partial charge in [0.2, 0.25) is 0 Å². The van der Waals surface area contributed by atoms with Crippen molar-refractivity contribution >= 4 is 16.7 Å². The highest BCUT2D eigenvalue weighted by Crippen LogP contribution is 2.19. The second-order valence-corrected chi connectivity index (χ2v) is 5.68. The highest BCUT2D eigenvalue weighted by Gasteiger charge is 2.16. The van der Waals surface area contributed by atoms with E-state index in [4.69, 9.17) is 5.73 Å². The maximum Gasteiger partial charge on any atom is 0.316 e. The molecule has 1 aromatic carbocycles. The summed E-state index contributed by atoms with van der Waals surface area (Å²) in [6, 6.07) is 5.12. The minimum absolute atomic E-state index is 0.102. The monoisotopic (exact) mass is 247 g/mol. The summed E-state index contributed by atoms with van der Waals surface area (Å²) in [5.41, 5.74) is 6.35. The number of aromatic amines is 1. The van der Waals surface area contributed by atoms with Crippen molar-refractivity contribution in [3.05, 3.63) is 38.9 Å². The lowest BCUT2D eigenvalue weighted by Gasteiger charge is -2.21. The Labute approximate surface area is 104 Å². The van der Waals surface area contributed by atoms with Crippen LogP contribution in [0.5, 0.6) is 0 Å². The molecule has 0 spiro atoms. The summed E-state index contributed by atoms with van der Waals surface area (Å²) in [6.45, 7) is 6.51. The van der Waals surface area contributed by atoms with E-state index in [1.165, 1.54) is 4.57 Å². The first-order valence-corrected chi connectivity index (χ1v) is 5.80. The van der Waals surface area contributed by atoms with Crippen LogP contribution < -0.4 is 16.9 Å². The van der Waals surface area contributed by atoms with Crippen LogP contribution in [0.1, 0.15) is 20.8 Å². The predicted molar refractivity (Wildman–Crippen MR) is 72.7 cm³/mol. The van der Waals surface area contributed by atoms with E-state index in [1.54, 1.807) is 18.2 Å². The van der Waals surface area contributed by atoms with Crippen molar-refractivity contribution in [2.45, 2.75) is 27.3 Å². The molecule has 3 N–H and O–H groups in total. The van der Waals surface area contributed by atoms with Gasteiger partial charge >= 0.3 is 11.1 Å². The van der Waals surface area contributed by atoms with Gasteiger partial charge in [-0.3, -0.25) is 9.59 Å². The van der Waals surface area contributed by atoms with Crippen molar-refractivity contribution in [1.82, 2.24) is 9.55 Å². The topological polar surface area (TPSA) is 80.9 Å². The molecular weight excluding hydrogens is 230 g/mol. The van der Waals surface area contributed by atoms with Crippen LogP contribution in [0.25, 0.3) is 11.0 Å². The van der Waals surface area contributed by atoms with Gasteiger partial charge in [0.25, 0.3) is 0 Å². The Morgan fingerprint density at radius 1 is 1.28 bits per heavy atom. The van der Waals surface area contributed by atoms with Gasteiger partial charge in [-0.1, -0.05) is 20.8 Å². The zero-order chi connectivity index (χ0) is 13.5. The first kappa shape index (κ1) is 12.4. The molecule has 2 aromatic rings. The first-order chi connectivity index (χ1) is 8.28. The predicted octanol–water partition coefficient (Wildman–Crippen LogP) is 1.32. The largest absolute Gasteiger partial charge is 0.399 e. The van der Waals surface area contributed by atoms with Gasteiger partial charge < -0.3 is 15.3 Å². The number of nitrogen functional groups attached to an aromatic ring is 1. The van der Waals surface area contributed by atoms with Crippen LogP contribution in [0, 0.1) is 5.41 Å². The summed E-state index contributed by atoms with van der Waals surface area (Å²) >= 11 is 0. The molecule has 18 heavy (non-hydrogen) atoms. The average molecular weight is 247 g/mol. The fourth-order valence-corrected chi connectivity index (χ4v) is 1.92. The molecule has 0 radical (unpaired) electrons. The molecule has 0 unspecified atom stereocenters. The minimum Gasteiger partial charge on any atom is -0.399 e. The maximum absolute atomic E-state index is 12.0. The molecule has 0 fully saturated rings. The van der Waals surface area contributed by atoms with Gasteiger partial charge in [-0.25, -0.2) is 0 Å². The summed E-state index contributed by atoms with van der Waals surface area (Å²) < 4.78 is 1.49. The van der Waals surface area contributed by atoms with Crippen LogP contribution in [-0.4, -0.2) is 9.55 Å². The molecule has 0 bridgehead atoms. The van der Waals surface area contributed by atoms with Crippen molar-refractivity contribution < 1.29 is 0 Å². The van der Waals surface area contributed by atoms with Crippen molar-refractivity contribution in [2.24, 2.45) is 5.41 Å². The van der Waals surface area contributed by atoms with Gasteiger partial charge in [0.1, 0.15) is 0 Å². The second-order valence-electron chi connectivity index (χ2n) is 5.68. The summed E-state index contributed by atoms with van der Waals surface area (Å²) in [5, 5.41) is 0. The molecule has 1 heterocycles. The molecule has 5 heteroatoms. The molecule has 1 aromatic heterocycles. The number of nitrogens with zero attached hydrogens (tertiary/aromatic N) is 1. The summed E-state index contributed by atoms with van der Waals surface area (Å²) in [4.78, 5) is 26.1. The molecule has 0 aliphatic heterocycles. The number of hydrogen-bond donors (Lipinski definition) is 2. The van der Waals surface area contributed by atoms with Crippen molar-refractivity contribution in [1.29, 1.82) is 0 Å². The number of anilines is 1. The van der Waals surface area contributed by atoms with E-state index < -0.39 is 11.1 Å². The van der Waals surface area contributed by atoms with Crippen molar-refractivity contribution in [2.75, 3.05) is 5.73 Å². The van der Waals surface area contributed by atoms with Gasteiger partial charge in [-0.2, -0.15) is 0 Å². The van der Waals surface area contributed by atoms with E-state index in [9.17, 15) is 9.59 Å². The molecule has 0 saturated heterocycles. The highest BCUT2D eigenvalue weighted by atomic mass is 16.2. The lowest BCUT2D eigenvalue weighted by molar-refractivity contribution is 0.343. The third kappa shape index (κ3) is 2.30. The Kier molecular flexibility index (Phi) is 2.77. The molecular formula is C13H17N3O2. The van der Waals surface area contributed by atoms with Crippen LogP contribution in [0.3, 0.4) is 0 Å². The molecule has 0 atom stereocenters. The van der Waals surface area contributed by atoms with Crippen molar-refractivity contribution in [3.63, 3.8) is 0 Å². The fraction of sp³-hybridized carbons (Fsp3) is 0.385. The zero-order valence-electron chi connectivity index (χ0n) is 10.8. The number of fused-ring (bicyclic) bond motifs is 1. The molecule has 0 aliphatic carbocycles. The number of H-pyrrole nitrogens is 1. The van der Waals surface area contributed by atoms with E-state index in [0.717, 1.165) is 0 Å². The summed E-state index contributed by atoms with van der Waals surface area (Å²) in [6.07, 6.45) is 0. The molecule has 2 rings (SSSR count). The molecule has 96 valence electrons. The van der Waals surface area contributed by atoms with E-state index >= 15 is 0 Å². The lowest BCUT2D eigenvalue weighted by atomic mass is 9.96. The Bertz CT molecular complexity index is 705. The Morgan fingerprint density at radius 2 is 1.94 bits per heavy atom. The van der Waals surface area contributed by atoms with Gasteiger partial charge in [0, 0.05) is 12.2 Å². The Balaban J connectivity index is 2.83. The molecule has 0 aliphatic rings. The van der Waals surface area contributed by atoms with Crippen LogP contribution in [0.4, 0.5) is 5.69 Å². The fourth-order valence-electron chi connectivity index (χ4n) is 1.92. The molecule has 5 nitrogen and oxygen atoms in total. The quantitative estimate of drug-likeness (QED) is 0.589. The van der Waals surface area contributed by atoms with E-state index in [2.05, 4.69) is 4.98 Å². The normalized spacial score (nSPS) is 11.9. The van der Waals surface area contributed by atoms with E-state index in [-0.39, 0.29) is 5.41 Å². The number of aromatic nitrogens is 2. The minimum atomic E-state index is -0.600. The zero-order valence-corrected chi connectivity index (χ0v) is 10.8.